The van der Waals surface area contributed by atoms with E-state index in [1.807, 2.05) is 30.3 Å². The van der Waals surface area contributed by atoms with Crippen molar-refractivity contribution in [3.05, 3.63) is 129 Å². The Morgan fingerprint density at radius 1 is 0.917 bits per heavy atom. The van der Waals surface area contributed by atoms with E-state index in [9.17, 15) is 34.4 Å². The fraction of sp³-hybridized carbons (Fsp3) is 0.222. The molecule has 2 aliphatic rings. The van der Waals surface area contributed by atoms with Crippen LogP contribution < -0.4 is 19.7 Å². The maximum Gasteiger partial charge on any atom is 0.325 e. The number of hydrogen-bond donors (Lipinski definition) is 2. The fourth-order valence-corrected chi connectivity index (χ4v) is 6.68. The van der Waals surface area contributed by atoms with E-state index in [1.54, 1.807) is 18.2 Å². The average Bonchev–Trinajstić information content (AvgIpc) is 3.57. The minimum absolute atomic E-state index is 0.142. The normalized spacial score (nSPS) is 21.5. The number of nitro benzene ring substituents is 1. The topological polar surface area (TPSA) is 165 Å². The predicted molar refractivity (Wildman–Crippen MR) is 173 cm³/mol. The van der Waals surface area contributed by atoms with Gasteiger partial charge >= 0.3 is 5.97 Å². The number of anilines is 1. The zero-order chi connectivity index (χ0) is 34.2. The number of carboxylic acid groups (broad SMARTS) is 1. The van der Waals surface area contributed by atoms with E-state index < -0.39 is 46.1 Å². The van der Waals surface area contributed by atoms with Gasteiger partial charge in [-0.2, -0.15) is 0 Å². The molecule has 4 aromatic carbocycles. The lowest BCUT2D eigenvalue weighted by Gasteiger charge is -2.31. The highest BCUT2D eigenvalue weighted by Crippen LogP contribution is 2.53. The van der Waals surface area contributed by atoms with Crippen LogP contribution in [0.1, 0.15) is 40.0 Å². The maximum absolute atomic E-state index is 14.4. The van der Waals surface area contributed by atoms with Crippen LogP contribution in [0.5, 0.6) is 11.5 Å². The number of nitro groups is 1. The predicted octanol–water partition coefficient (Wildman–Crippen LogP) is 4.90. The lowest BCUT2D eigenvalue weighted by Crippen LogP contribution is -2.57. The molecular weight excluding hydrogens is 618 g/mol. The van der Waals surface area contributed by atoms with Gasteiger partial charge in [-0.3, -0.25) is 34.6 Å². The first-order valence-electron chi connectivity index (χ1n) is 15.1. The molecule has 2 aliphatic heterocycles. The average molecular weight is 650 g/mol. The Bertz CT molecular complexity index is 1910. The number of carboxylic acids is 1. The monoisotopic (exact) mass is 649 g/mol. The summed E-state index contributed by atoms with van der Waals surface area (Å²) in [6.45, 7) is 1.54. The molecule has 12 nitrogen and oxygen atoms in total. The van der Waals surface area contributed by atoms with Gasteiger partial charge in [0.2, 0.25) is 11.8 Å². The second kappa shape index (κ2) is 12.7. The molecule has 4 unspecified atom stereocenters. The molecule has 0 radical (unpaired) electrons. The molecule has 4 atom stereocenters. The van der Waals surface area contributed by atoms with Crippen LogP contribution in [0.25, 0.3) is 0 Å². The highest BCUT2D eigenvalue weighted by molar-refractivity contribution is 6.24. The Hall–Kier alpha value is -5.88. The number of amides is 2. The zero-order valence-electron chi connectivity index (χ0n) is 26.0. The minimum Gasteiger partial charge on any atom is -0.493 e. The molecule has 0 spiro atoms. The highest BCUT2D eigenvalue weighted by atomic mass is 16.6. The number of hydrogen-bond acceptors (Lipinski definition) is 9. The van der Waals surface area contributed by atoms with Crippen molar-refractivity contribution in [2.24, 2.45) is 11.8 Å². The van der Waals surface area contributed by atoms with Crippen molar-refractivity contribution in [3.8, 4) is 11.5 Å². The van der Waals surface area contributed by atoms with Gasteiger partial charge in [0.05, 0.1) is 29.6 Å². The molecule has 12 heteroatoms. The van der Waals surface area contributed by atoms with Gasteiger partial charge in [0.1, 0.15) is 12.1 Å². The lowest BCUT2D eigenvalue weighted by molar-refractivity contribution is -0.384. The van der Waals surface area contributed by atoms with Crippen molar-refractivity contribution in [2.75, 3.05) is 12.0 Å². The summed E-state index contributed by atoms with van der Waals surface area (Å²) >= 11 is 0. The Labute approximate surface area is 275 Å². The van der Waals surface area contributed by atoms with Gasteiger partial charge in [-0.15, -0.1) is 0 Å². The van der Waals surface area contributed by atoms with Crippen LogP contribution in [0.2, 0.25) is 0 Å². The van der Waals surface area contributed by atoms with Gasteiger partial charge in [0.15, 0.2) is 17.3 Å². The summed E-state index contributed by atoms with van der Waals surface area (Å²) in [7, 11) is 1.46. The third-order valence-corrected chi connectivity index (χ3v) is 8.99. The van der Waals surface area contributed by atoms with E-state index in [-0.39, 0.29) is 35.9 Å². The summed E-state index contributed by atoms with van der Waals surface area (Å²) in [6, 6.07) is 24.8. The molecule has 0 aromatic heterocycles. The number of para-hydroxylation sites is 1. The molecular formula is C36H31N3O9. The van der Waals surface area contributed by atoms with Gasteiger partial charge in [0, 0.05) is 35.7 Å². The molecule has 2 saturated heterocycles. The molecule has 0 aliphatic carbocycles. The first kappa shape index (κ1) is 32.1. The van der Waals surface area contributed by atoms with E-state index in [4.69, 9.17) is 9.47 Å². The van der Waals surface area contributed by atoms with E-state index in [1.165, 1.54) is 62.6 Å². The van der Waals surface area contributed by atoms with Crippen LogP contribution in [-0.4, -0.2) is 46.2 Å². The number of benzene rings is 4. The van der Waals surface area contributed by atoms with Gasteiger partial charge in [-0.25, -0.2) is 4.90 Å². The number of rotatable bonds is 11. The smallest absolute Gasteiger partial charge is 0.325 e. The van der Waals surface area contributed by atoms with Crippen molar-refractivity contribution in [3.63, 3.8) is 0 Å². The van der Waals surface area contributed by atoms with Crippen molar-refractivity contribution in [1.82, 2.24) is 5.32 Å². The van der Waals surface area contributed by atoms with Gasteiger partial charge in [0.25, 0.3) is 5.69 Å². The van der Waals surface area contributed by atoms with Crippen molar-refractivity contribution in [2.45, 2.75) is 31.5 Å². The van der Waals surface area contributed by atoms with Crippen LogP contribution in [0.4, 0.5) is 11.4 Å². The minimum atomic E-state index is -2.01. The Kier molecular flexibility index (Phi) is 8.50. The summed E-state index contributed by atoms with van der Waals surface area (Å²) in [5, 5.41) is 25.4. The number of methoxy groups -OCH3 is 1. The van der Waals surface area contributed by atoms with E-state index in [2.05, 4.69) is 5.32 Å². The summed E-state index contributed by atoms with van der Waals surface area (Å²) in [4.78, 5) is 65.8. The van der Waals surface area contributed by atoms with Crippen molar-refractivity contribution >= 4 is 34.9 Å². The number of nitrogens with one attached hydrogen (secondary N) is 1. The van der Waals surface area contributed by atoms with Gasteiger partial charge in [-0.05, 0) is 48.4 Å². The standard InChI is InChI=1S/C36H31N3O9/c1-21(40)24-13-17-25(18-14-24)38-33(41)29-30(34(38)42)36(35(43)44,19-22-11-15-26(16-12-22)39(45)46)37-31(29)27-9-6-10-28(47-2)32(27)48-20-23-7-4-3-5-8-23/h3-18,29-31,37H,19-20H2,1-2H3,(H,43,44). The number of fused-ring (bicyclic) bond motifs is 1. The van der Waals surface area contributed by atoms with Crippen molar-refractivity contribution in [1.29, 1.82) is 0 Å². The highest BCUT2D eigenvalue weighted by Gasteiger charge is 2.69. The maximum atomic E-state index is 14.4. The molecule has 2 amide bonds. The SMILES string of the molecule is COc1cccc(C2NC(Cc3ccc([N+](=O)[O-])cc3)(C(=O)O)C3C(=O)N(c4ccc(C(C)=O)cc4)C(=O)C23)c1OCc1ccccc1. The third kappa shape index (κ3) is 5.56. The molecule has 2 N–H and O–H groups in total. The first-order chi connectivity index (χ1) is 23.1. The van der Waals surface area contributed by atoms with Crippen LogP contribution >= 0.6 is 0 Å². The number of Topliss-reactive ketones (excluding diaryl/α,β-unsaturated/α-hetero) is 1. The molecule has 0 bridgehead atoms. The number of imide groups is 1. The second-order valence-electron chi connectivity index (χ2n) is 11.8. The van der Waals surface area contributed by atoms with Gasteiger partial charge in [-0.1, -0.05) is 54.6 Å². The number of carbonyl (C=O) groups is 4. The molecule has 0 saturated carbocycles. The Morgan fingerprint density at radius 3 is 2.21 bits per heavy atom. The number of carbonyl (C=O) groups excluding carboxylic acids is 3. The van der Waals surface area contributed by atoms with Crippen molar-refractivity contribution < 1.29 is 38.7 Å². The Morgan fingerprint density at radius 2 is 1.60 bits per heavy atom. The molecule has 48 heavy (non-hydrogen) atoms. The molecule has 244 valence electrons. The number of aliphatic carboxylic acids is 1. The first-order valence-corrected chi connectivity index (χ1v) is 15.1. The third-order valence-electron chi connectivity index (χ3n) is 8.99. The van der Waals surface area contributed by atoms with Gasteiger partial charge < -0.3 is 14.6 Å². The lowest BCUT2D eigenvalue weighted by atomic mass is 9.76. The zero-order valence-corrected chi connectivity index (χ0v) is 26.0. The van der Waals surface area contributed by atoms with Crippen LogP contribution in [-0.2, 0) is 27.4 Å². The van der Waals surface area contributed by atoms with E-state index >= 15 is 0 Å². The Balaban J connectivity index is 1.48. The quantitative estimate of drug-likeness (QED) is 0.0988. The van der Waals surface area contributed by atoms with Crippen LogP contribution in [0, 0.1) is 22.0 Å². The summed E-state index contributed by atoms with van der Waals surface area (Å²) in [5.74, 6) is -4.87. The number of ketones is 1. The summed E-state index contributed by atoms with van der Waals surface area (Å²) in [5.41, 5.74) is 0.0782. The number of nitrogens with zero attached hydrogens (tertiary/aromatic N) is 2. The van der Waals surface area contributed by atoms with Crippen LogP contribution in [0.3, 0.4) is 0 Å². The molecule has 2 fully saturated rings. The number of non-ortho nitro benzene ring substituents is 1. The summed E-state index contributed by atoms with van der Waals surface area (Å²) < 4.78 is 11.9. The molecule has 2 heterocycles. The molecule has 6 rings (SSSR count). The second-order valence-corrected chi connectivity index (χ2v) is 11.8. The molecule has 4 aromatic rings. The van der Waals surface area contributed by atoms with E-state index in [0.717, 1.165) is 10.5 Å². The fourth-order valence-electron chi connectivity index (χ4n) is 6.68. The summed E-state index contributed by atoms with van der Waals surface area (Å²) in [6.07, 6.45) is -0.266. The van der Waals surface area contributed by atoms with E-state index in [0.29, 0.717) is 22.4 Å². The number of ether oxygens (including phenoxy) is 2. The largest absolute Gasteiger partial charge is 0.493 e. The van der Waals surface area contributed by atoms with Crippen LogP contribution in [0.15, 0.2) is 97.1 Å².